The predicted octanol–water partition coefficient (Wildman–Crippen LogP) is 4.32. The maximum atomic E-state index is 13.0. The van der Waals surface area contributed by atoms with Crippen molar-refractivity contribution in [3.8, 4) is 11.5 Å². The van der Waals surface area contributed by atoms with Gasteiger partial charge in [-0.25, -0.2) is 4.98 Å². The van der Waals surface area contributed by atoms with Crippen molar-refractivity contribution < 1.29 is 14.6 Å². The van der Waals surface area contributed by atoms with Crippen LogP contribution >= 0.6 is 0 Å². The Kier molecular flexibility index (Phi) is 5.02. The van der Waals surface area contributed by atoms with E-state index >= 15 is 0 Å². The van der Waals surface area contributed by atoms with E-state index in [0.29, 0.717) is 33.7 Å². The lowest BCUT2D eigenvalue weighted by Crippen LogP contribution is -2.08. The molecule has 0 amide bonds. The van der Waals surface area contributed by atoms with Crippen molar-refractivity contribution in [1.29, 1.82) is 0 Å². The zero-order valence-electron chi connectivity index (χ0n) is 16.9. The number of phenolic OH excluding ortho intramolecular Hbond substituents is 1. The molecule has 2 aromatic carbocycles. The van der Waals surface area contributed by atoms with Gasteiger partial charge < -0.3 is 25.0 Å². The van der Waals surface area contributed by atoms with Crippen LogP contribution in [0.25, 0.3) is 11.0 Å². The van der Waals surface area contributed by atoms with Gasteiger partial charge in [0.25, 0.3) is 0 Å². The number of methoxy groups -OCH3 is 1. The van der Waals surface area contributed by atoms with Crippen LogP contribution in [0.4, 0.5) is 17.2 Å². The summed E-state index contributed by atoms with van der Waals surface area (Å²) < 4.78 is 5.14. The molecule has 2 aromatic heterocycles. The maximum Gasteiger partial charge on any atom is 0.195 e. The highest BCUT2D eigenvalue weighted by Gasteiger charge is 2.17. The number of phenols is 1. The number of nitrogens with zero attached hydrogens (tertiary/aromatic N) is 2. The Bertz CT molecular complexity index is 1230. The Morgan fingerprint density at radius 2 is 1.97 bits per heavy atom. The summed E-state index contributed by atoms with van der Waals surface area (Å²) in [4.78, 5) is 22.7. The van der Waals surface area contributed by atoms with Crippen molar-refractivity contribution in [2.45, 2.75) is 0 Å². The molecule has 0 radical (unpaired) electrons. The Morgan fingerprint density at radius 1 is 1.13 bits per heavy atom. The summed E-state index contributed by atoms with van der Waals surface area (Å²) in [7, 11) is 5.47. The maximum absolute atomic E-state index is 13.0. The van der Waals surface area contributed by atoms with E-state index in [9.17, 15) is 9.90 Å². The third kappa shape index (κ3) is 3.77. The number of H-pyrrole nitrogens is 1. The fraction of sp³-hybridized carbons (Fsp3) is 0.130. The molecular formula is C23H22N4O3. The molecule has 4 rings (SSSR count). The molecule has 0 unspecified atom stereocenters. The van der Waals surface area contributed by atoms with Crippen LogP contribution in [0, 0.1) is 0 Å². The number of anilines is 3. The molecule has 0 aliphatic heterocycles. The molecule has 0 saturated heterocycles. The highest BCUT2D eigenvalue weighted by Crippen LogP contribution is 2.27. The number of benzene rings is 2. The molecule has 4 aromatic rings. The number of nitrogens with one attached hydrogen (secondary N) is 2. The molecule has 0 bridgehead atoms. The van der Waals surface area contributed by atoms with Crippen LogP contribution in [0.3, 0.4) is 0 Å². The number of carbonyl (C=O) groups excluding carboxylic acids is 1. The largest absolute Gasteiger partial charge is 0.508 e. The molecule has 30 heavy (non-hydrogen) atoms. The van der Waals surface area contributed by atoms with Gasteiger partial charge in [-0.15, -0.1) is 0 Å². The molecule has 152 valence electrons. The smallest absolute Gasteiger partial charge is 0.195 e. The number of aromatic nitrogens is 2. The van der Waals surface area contributed by atoms with E-state index in [-0.39, 0.29) is 11.5 Å². The SMILES string of the molecule is COc1cc(O)cc(C(=O)c2c[nH]c3nc(Nc4cccc(N(C)C)c4)ccc23)c1. The fourth-order valence-corrected chi connectivity index (χ4v) is 3.26. The van der Waals surface area contributed by atoms with Gasteiger partial charge in [-0.2, -0.15) is 0 Å². The monoisotopic (exact) mass is 402 g/mol. The van der Waals surface area contributed by atoms with Crippen molar-refractivity contribution in [2.24, 2.45) is 0 Å². The zero-order chi connectivity index (χ0) is 21.3. The number of hydrogen-bond donors (Lipinski definition) is 3. The number of aromatic amines is 1. The van der Waals surface area contributed by atoms with Crippen LogP contribution in [0.5, 0.6) is 11.5 Å². The van der Waals surface area contributed by atoms with Gasteiger partial charge in [0.15, 0.2) is 5.78 Å². The second-order valence-electron chi connectivity index (χ2n) is 7.11. The quantitative estimate of drug-likeness (QED) is 0.416. The third-order valence-electron chi connectivity index (χ3n) is 4.81. The topological polar surface area (TPSA) is 90.5 Å². The van der Waals surface area contributed by atoms with Crippen LogP contribution in [-0.2, 0) is 0 Å². The average Bonchev–Trinajstić information content (AvgIpc) is 3.16. The van der Waals surface area contributed by atoms with Crippen LogP contribution < -0.4 is 15.0 Å². The van der Waals surface area contributed by atoms with Crippen molar-refractivity contribution in [2.75, 3.05) is 31.4 Å². The standard InChI is InChI=1S/C23H22N4O3/c1-27(2)16-6-4-5-15(11-16)25-21-8-7-19-20(13-24-23(19)26-21)22(29)14-9-17(28)12-18(10-14)30-3/h4-13,28H,1-3H3,(H2,24,25,26). The predicted molar refractivity (Wildman–Crippen MR) is 118 cm³/mol. The Balaban J connectivity index is 1.63. The van der Waals surface area contributed by atoms with E-state index in [1.807, 2.05) is 55.4 Å². The second-order valence-corrected chi connectivity index (χ2v) is 7.11. The summed E-state index contributed by atoms with van der Waals surface area (Å²) in [5, 5.41) is 13.8. The van der Waals surface area contributed by atoms with Gasteiger partial charge in [0.1, 0.15) is 23.0 Å². The number of fused-ring (bicyclic) bond motifs is 1. The summed E-state index contributed by atoms with van der Waals surface area (Å²) in [6, 6.07) is 16.2. The Labute approximate surface area is 173 Å². The van der Waals surface area contributed by atoms with Gasteiger partial charge in [0, 0.05) is 54.2 Å². The van der Waals surface area contributed by atoms with E-state index < -0.39 is 0 Å². The van der Waals surface area contributed by atoms with Gasteiger partial charge in [0.05, 0.1) is 7.11 Å². The van der Waals surface area contributed by atoms with Crippen LogP contribution in [0.1, 0.15) is 15.9 Å². The van der Waals surface area contributed by atoms with Crippen LogP contribution in [0.2, 0.25) is 0 Å². The number of carbonyl (C=O) groups is 1. The first-order chi connectivity index (χ1) is 14.4. The molecule has 0 atom stereocenters. The molecule has 0 aliphatic rings. The summed E-state index contributed by atoms with van der Waals surface area (Å²) in [5.41, 5.74) is 3.42. The number of ketones is 1. The summed E-state index contributed by atoms with van der Waals surface area (Å²) in [6.45, 7) is 0. The first-order valence-electron chi connectivity index (χ1n) is 9.40. The van der Waals surface area contributed by atoms with Crippen molar-refractivity contribution >= 4 is 34.0 Å². The first kappa shape index (κ1) is 19.3. The summed E-state index contributed by atoms with van der Waals surface area (Å²) in [5.74, 6) is 0.833. The first-order valence-corrected chi connectivity index (χ1v) is 9.40. The minimum Gasteiger partial charge on any atom is -0.508 e. The minimum absolute atomic E-state index is 0.0258. The van der Waals surface area contributed by atoms with Crippen molar-refractivity contribution in [3.63, 3.8) is 0 Å². The molecule has 0 aliphatic carbocycles. The molecule has 0 saturated carbocycles. The number of aromatic hydroxyl groups is 1. The zero-order valence-corrected chi connectivity index (χ0v) is 16.9. The van der Waals surface area contributed by atoms with Crippen molar-refractivity contribution in [1.82, 2.24) is 9.97 Å². The molecule has 0 fully saturated rings. The fourth-order valence-electron chi connectivity index (χ4n) is 3.26. The van der Waals surface area contributed by atoms with Gasteiger partial charge in [-0.05, 0) is 42.5 Å². The molecule has 0 spiro atoms. The van der Waals surface area contributed by atoms with E-state index in [0.717, 1.165) is 11.4 Å². The molecular weight excluding hydrogens is 380 g/mol. The normalized spacial score (nSPS) is 10.8. The number of ether oxygens (including phenoxy) is 1. The lowest BCUT2D eigenvalue weighted by atomic mass is 10.0. The lowest BCUT2D eigenvalue weighted by molar-refractivity contribution is 0.103. The Hall–Kier alpha value is -4.00. The van der Waals surface area contributed by atoms with Gasteiger partial charge >= 0.3 is 0 Å². The van der Waals surface area contributed by atoms with Crippen molar-refractivity contribution in [3.05, 3.63) is 71.9 Å². The number of pyridine rings is 1. The van der Waals surface area contributed by atoms with E-state index in [1.54, 1.807) is 12.3 Å². The average molecular weight is 402 g/mol. The number of hydrogen-bond acceptors (Lipinski definition) is 6. The highest BCUT2D eigenvalue weighted by atomic mass is 16.5. The van der Waals surface area contributed by atoms with E-state index in [2.05, 4.69) is 15.3 Å². The molecule has 3 N–H and O–H groups in total. The summed E-state index contributed by atoms with van der Waals surface area (Å²) >= 11 is 0. The Morgan fingerprint density at radius 3 is 2.73 bits per heavy atom. The van der Waals surface area contributed by atoms with Gasteiger partial charge in [-0.1, -0.05) is 6.07 Å². The van der Waals surface area contributed by atoms with Crippen LogP contribution in [0.15, 0.2) is 60.8 Å². The van der Waals surface area contributed by atoms with Crippen LogP contribution in [-0.4, -0.2) is 42.1 Å². The van der Waals surface area contributed by atoms with E-state index in [4.69, 9.17) is 4.74 Å². The summed E-state index contributed by atoms with van der Waals surface area (Å²) in [6.07, 6.45) is 1.63. The lowest BCUT2D eigenvalue weighted by Gasteiger charge is -2.14. The molecule has 7 heteroatoms. The molecule has 2 heterocycles. The second kappa shape index (κ2) is 7.79. The third-order valence-corrected chi connectivity index (χ3v) is 4.81. The van der Waals surface area contributed by atoms with E-state index in [1.165, 1.54) is 19.2 Å². The van der Waals surface area contributed by atoms with Gasteiger partial charge in [-0.3, -0.25) is 4.79 Å². The number of rotatable bonds is 6. The minimum atomic E-state index is -0.225. The van der Waals surface area contributed by atoms with Gasteiger partial charge in [0.2, 0.25) is 0 Å². The molecule has 7 nitrogen and oxygen atoms in total. The highest BCUT2D eigenvalue weighted by molar-refractivity contribution is 6.16.